The monoisotopic (exact) mass is 363 g/mol. The van der Waals surface area contributed by atoms with Crippen LogP contribution in [-0.2, 0) is 17.8 Å². The van der Waals surface area contributed by atoms with Gasteiger partial charge in [0.25, 0.3) is 5.91 Å². The summed E-state index contributed by atoms with van der Waals surface area (Å²) in [4.78, 5) is 30.9. The van der Waals surface area contributed by atoms with E-state index in [9.17, 15) is 9.59 Å². The van der Waals surface area contributed by atoms with Crippen LogP contribution >= 0.6 is 0 Å². The maximum absolute atomic E-state index is 12.7. The lowest BCUT2D eigenvalue weighted by Crippen LogP contribution is -2.47. The standard InChI is InChI=1S/C18H29N5O3/c1-18(2,3)26-17(25)22-6-5-7-23-14(13-22)12-15(19-23)16(24)21-10-8-20(4)9-11-21/h12H,5-11,13H2,1-4H3. The number of hydrogen-bond acceptors (Lipinski definition) is 5. The molecule has 1 aromatic heterocycles. The first kappa shape index (κ1) is 18.7. The summed E-state index contributed by atoms with van der Waals surface area (Å²) in [5.41, 5.74) is 0.827. The number of fused-ring (bicyclic) bond motifs is 1. The molecular formula is C18H29N5O3. The SMILES string of the molecule is CN1CCN(C(=O)c2cc3n(n2)CCCN(C(=O)OC(C)(C)C)C3)CC1. The third kappa shape index (κ3) is 4.35. The van der Waals surface area contributed by atoms with Crippen molar-refractivity contribution in [1.29, 1.82) is 0 Å². The molecule has 0 N–H and O–H groups in total. The molecule has 0 bridgehead atoms. The lowest BCUT2D eigenvalue weighted by atomic mass is 10.2. The number of nitrogens with zero attached hydrogens (tertiary/aromatic N) is 5. The molecule has 0 atom stereocenters. The van der Waals surface area contributed by atoms with Gasteiger partial charge in [0.2, 0.25) is 0 Å². The molecule has 26 heavy (non-hydrogen) atoms. The van der Waals surface area contributed by atoms with Gasteiger partial charge in [0, 0.05) is 39.3 Å². The summed E-state index contributed by atoms with van der Waals surface area (Å²) in [6, 6.07) is 1.82. The second-order valence-electron chi connectivity index (χ2n) is 8.09. The number of aromatic nitrogens is 2. The molecule has 8 heteroatoms. The lowest BCUT2D eigenvalue weighted by Gasteiger charge is -2.31. The smallest absolute Gasteiger partial charge is 0.410 e. The summed E-state index contributed by atoms with van der Waals surface area (Å²) in [6.07, 6.45) is 0.467. The molecule has 8 nitrogen and oxygen atoms in total. The molecule has 0 spiro atoms. The van der Waals surface area contributed by atoms with Crippen LogP contribution in [0.2, 0.25) is 0 Å². The van der Waals surface area contributed by atoms with Crippen LogP contribution in [0.1, 0.15) is 43.4 Å². The maximum Gasteiger partial charge on any atom is 0.410 e. The zero-order valence-electron chi connectivity index (χ0n) is 16.2. The van der Waals surface area contributed by atoms with Gasteiger partial charge in [-0.15, -0.1) is 0 Å². The predicted octanol–water partition coefficient (Wildman–Crippen LogP) is 1.41. The van der Waals surface area contributed by atoms with E-state index < -0.39 is 5.60 Å². The van der Waals surface area contributed by atoms with Crippen molar-refractivity contribution in [1.82, 2.24) is 24.5 Å². The molecule has 3 rings (SSSR count). The number of hydrogen-bond donors (Lipinski definition) is 0. The van der Waals surface area contributed by atoms with Crippen LogP contribution in [0.25, 0.3) is 0 Å². The number of carbonyl (C=O) groups is 2. The van der Waals surface area contributed by atoms with Crippen molar-refractivity contribution in [3.63, 3.8) is 0 Å². The first-order valence-electron chi connectivity index (χ1n) is 9.25. The maximum atomic E-state index is 12.7. The summed E-state index contributed by atoms with van der Waals surface area (Å²) >= 11 is 0. The van der Waals surface area contributed by atoms with Gasteiger partial charge in [-0.2, -0.15) is 5.10 Å². The second kappa shape index (κ2) is 7.26. The summed E-state index contributed by atoms with van der Waals surface area (Å²) in [7, 11) is 2.06. The number of aryl methyl sites for hydroxylation is 1. The van der Waals surface area contributed by atoms with E-state index >= 15 is 0 Å². The quantitative estimate of drug-likeness (QED) is 0.754. The van der Waals surface area contributed by atoms with Gasteiger partial charge >= 0.3 is 6.09 Å². The third-order valence-electron chi connectivity index (χ3n) is 4.68. The molecule has 2 amide bonds. The minimum absolute atomic E-state index is 0.0255. The molecule has 0 saturated carbocycles. The normalized spacial score (nSPS) is 19.1. The molecule has 0 aromatic carbocycles. The molecule has 0 unspecified atom stereocenters. The fraction of sp³-hybridized carbons (Fsp3) is 0.722. The van der Waals surface area contributed by atoms with Gasteiger partial charge in [0.15, 0.2) is 5.69 Å². The zero-order valence-corrected chi connectivity index (χ0v) is 16.2. The van der Waals surface area contributed by atoms with Crippen molar-refractivity contribution in [2.75, 3.05) is 39.8 Å². The topological polar surface area (TPSA) is 70.9 Å². The first-order chi connectivity index (χ1) is 12.2. The Labute approximate surface area is 154 Å². The Hall–Kier alpha value is -2.09. The van der Waals surface area contributed by atoms with Crippen LogP contribution in [0, 0.1) is 0 Å². The molecule has 0 radical (unpaired) electrons. The Morgan fingerprint density at radius 1 is 1.04 bits per heavy atom. The largest absolute Gasteiger partial charge is 0.444 e. The lowest BCUT2D eigenvalue weighted by molar-refractivity contribution is 0.0236. The van der Waals surface area contributed by atoms with Crippen molar-refractivity contribution in [2.45, 2.75) is 45.9 Å². The van der Waals surface area contributed by atoms with E-state index in [0.717, 1.165) is 38.3 Å². The van der Waals surface area contributed by atoms with E-state index in [2.05, 4.69) is 17.0 Å². The van der Waals surface area contributed by atoms with E-state index in [1.165, 1.54) is 0 Å². The number of carbonyl (C=O) groups excluding carboxylic acids is 2. The first-order valence-corrected chi connectivity index (χ1v) is 9.25. The molecule has 3 heterocycles. The van der Waals surface area contributed by atoms with Gasteiger partial charge in [-0.05, 0) is 40.3 Å². The highest BCUT2D eigenvalue weighted by Gasteiger charge is 2.28. The molecule has 1 saturated heterocycles. The molecule has 1 fully saturated rings. The van der Waals surface area contributed by atoms with Crippen LogP contribution in [0.5, 0.6) is 0 Å². The Kier molecular flexibility index (Phi) is 5.22. The molecule has 1 aromatic rings. The molecule has 2 aliphatic rings. The highest BCUT2D eigenvalue weighted by molar-refractivity contribution is 5.92. The van der Waals surface area contributed by atoms with E-state index in [0.29, 0.717) is 25.3 Å². The molecule has 2 aliphatic heterocycles. The molecule has 0 aliphatic carbocycles. The Morgan fingerprint density at radius 2 is 1.73 bits per heavy atom. The van der Waals surface area contributed by atoms with Crippen LogP contribution in [0.3, 0.4) is 0 Å². The van der Waals surface area contributed by atoms with Gasteiger partial charge in [-0.25, -0.2) is 4.79 Å². The van der Waals surface area contributed by atoms with E-state index in [-0.39, 0.29) is 12.0 Å². The second-order valence-corrected chi connectivity index (χ2v) is 8.09. The number of amides is 2. The van der Waals surface area contributed by atoms with Crippen molar-refractivity contribution in [3.8, 4) is 0 Å². The van der Waals surface area contributed by atoms with Gasteiger partial charge in [0.1, 0.15) is 5.60 Å². The number of likely N-dealkylation sites (N-methyl/N-ethyl adjacent to an activating group) is 1. The van der Waals surface area contributed by atoms with Crippen molar-refractivity contribution < 1.29 is 14.3 Å². The Morgan fingerprint density at radius 3 is 2.38 bits per heavy atom. The summed E-state index contributed by atoms with van der Waals surface area (Å²) < 4.78 is 7.34. The van der Waals surface area contributed by atoms with Gasteiger partial charge in [-0.3, -0.25) is 9.48 Å². The number of rotatable bonds is 1. The number of piperazine rings is 1. The average Bonchev–Trinajstić information content (AvgIpc) is 2.85. The predicted molar refractivity (Wildman–Crippen MR) is 96.9 cm³/mol. The fourth-order valence-corrected chi connectivity index (χ4v) is 3.22. The van der Waals surface area contributed by atoms with E-state index in [4.69, 9.17) is 4.74 Å². The summed E-state index contributed by atoms with van der Waals surface area (Å²) in [5.74, 6) is -0.0255. The summed E-state index contributed by atoms with van der Waals surface area (Å²) in [6.45, 7) is 10.5. The van der Waals surface area contributed by atoms with Crippen LogP contribution in [0.15, 0.2) is 6.07 Å². The van der Waals surface area contributed by atoms with Crippen LogP contribution in [-0.4, -0.2) is 81.9 Å². The van der Waals surface area contributed by atoms with E-state index in [1.54, 1.807) is 4.90 Å². The minimum atomic E-state index is -0.522. The average molecular weight is 363 g/mol. The van der Waals surface area contributed by atoms with Gasteiger partial charge < -0.3 is 19.4 Å². The molecule has 144 valence electrons. The Balaban J connectivity index is 1.70. The van der Waals surface area contributed by atoms with Gasteiger partial charge in [0.05, 0.1) is 12.2 Å². The zero-order chi connectivity index (χ0) is 18.9. The highest BCUT2D eigenvalue weighted by atomic mass is 16.6. The number of ether oxygens (including phenoxy) is 1. The minimum Gasteiger partial charge on any atom is -0.444 e. The van der Waals surface area contributed by atoms with Crippen molar-refractivity contribution in [3.05, 3.63) is 17.5 Å². The third-order valence-corrected chi connectivity index (χ3v) is 4.68. The van der Waals surface area contributed by atoms with Crippen molar-refractivity contribution in [2.24, 2.45) is 0 Å². The van der Waals surface area contributed by atoms with Gasteiger partial charge in [-0.1, -0.05) is 0 Å². The van der Waals surface area contributed by atoms with E-state index in [1.807, 2.05) is 36.4 Å². The molecular weight excluding hydrogens is 334 g/mol. The highest BCUT2D eigenvalue weighted by Crippen LogP contribution is 2.18. The van der Waals surface area contributed by atoms with Crippen molar-refractivity contribution >= 4 is 12.0 Å². The van der Waals surface area contributed by atoms with Crippen LogP contribution < -0.4 is 0 Å². The fourth-order valence-electron chi connectivity index (χ4n) is 3.22. The van der Waals surface area contributed by atoms with Crippen LogP contribution in [0.4, 0.5) is 4.79 Å². The summed E-state index contributed by atoms with van der Waals surface area (Å²) in [5, 5.41) is 4.51. The Bertz CT molecular complexity index is 671.